The van der Waals surface area contributed by atoms with Crippen LogP contribution in [0.2, 0.25) is 0 Å². The second kappa shape index (κ2) is 3.69. The lowest BCUT2D eigenvalue weighted by Gasteiger charge is -2.06. The van der Waals surface area contributed by atoms with E-state index in [2.05, 4.69) is 11.6 Å². The number of hydrogen-bond acceptors (Lipinski definition) is 3. The van der Waals surface area contributed by atoms with Crippen molar-refractivity contribution in [2.75, 3.05) is 0 Å². The summed E-state index contributed by atoms with van der Waals surface area (Å²) in [4.78, 5) is 3.93. The zero-order valence-corrected chi connectivity index (χ0v) is 7.54. The van der Waals surface area contributed by atoms with Gasteiger partial charge in [0.05, 0.1) is 0 Å². The SMILES string of the molecule is C=Cc1cnc(C(=N)N)c(C(=N)N)c1. The van der Waals surface area contributed by atoms with Gasteiger partial charge in [0.2, 0.25) is 0 Å². The number of aromatic nitrogens is 1. The smallest absolute Gasteiger partial charge is 0.142 e. The van der Waals surface area contributed by atoms with E-state index in [9.17, 15) is 0 Å². The summed E-state index contributed by atoms with van der Waals surface area (Å²) in [6.07, 6.45) is 3.11. The molecule has 1 rings (SSSR count). The van der Waals surface area contributed by atoms with Crippen LogP contribution in [0.3, 0.4) is 0 Å². The highest BCUT2D eigenvalue weighted by atomic mass is 14.8. The van der Waals surface area contributed by atoms with E-state index in [1.54, 1.807) is 12.1 Å². The van der Waals surface area contributed by atoms with Crippen molar-refractivity contribution in [3.05, 3.63) is 35.7 Å². The van der Waals surface area contributed by atoms with E-state index in [4.69, 9.17) is 22.3 Å². The van der Waals surface area contributed by atoms with E-state index in [0.717, 1.165) is 5.56 Å². The monoisotopic (exact) mass is 189 g/mol. The number of nitrogens with one attached hydrogen (secondary N) is 2. The molecule has 0 bridgehead atoms. The Morgan fingerprint density at radius 3 is 2.43 bits per heavy atom. The molecule has 0 saturated carbocycles. The molecule has 14 heavy (non-hydrogen) atoms. The molecule has 72 valence electrons. The van der Waals surface area contributed by atoms with Gasteiger partial charge in [-0.3, -0.25) is 15.8 Å². The number of nitrogens with two attached hydrogens (primary N) is 2. The van der Waals surface area contributed by atoms with E-state index in [1.165, 1.54) is 6.20 Å². The van der Waals surface area contributed by atoms with Crippen molar-refractivity contribution in [2.45, 2.75) is 0 Å². The summed E-state index contributed by atoms with van der Waals surface area (Å²) in [7, 11) is 0. The first-order chi connectivity index (χ1) is 6.56. The summed E-state index contributed by atoms with van der Waals surface area (Å²) >= 11 is 0. The minimum absolute atomic E-state index is 0.161. The van der Waals surface area contributed by atoms with Crippen LogP contribution in [0.25, 0.3) is 6.08 Å². The standard InChI is InChI=1S/C9H11N5/c1-2-5-3-6(8(10)11)7(9(12)13)14-4-5/h2-4H,1H2,(H3,10,11)(H3,12,13). The molecular formula is C9H11N5. The second-order valence-electron chi connectivity index (χ2n) is 2.70. The average molecular weight is 189 g/mol. The van der Waals surface area contributed by atoms with E-state index in [1.807, 2.05) is 0 Å². The number of hydrogen-bond donors (Lipinski definition) is 4. The topological polar surface area (TPSA) is 113 Å². The summed E-state index contributed by atoms with van der Waals surface area (Å²) in [6.45, 7) is 3.57. The molecule has 0 aromatic carbocycles. The maximum atomic E-state index is 7.29. The molecule has 1 aromatic rings. The average Bonchev–Trinajstić information content (AvgIpc) is 2.16. The summed E-state index contributed by atoms with van der Waals surface area (Å²) in [5, 5.41) is 14.5. The summed E-state index contributed by atoms with van der Waals surface area (Å²) in [6, 6.07) is 1.62. The quantitative estimate of drug-likeness (QED) is 0.405. The molecule has 0 spiro atoms. The first kappa shape index (κ1) is 9.91. The molecule has 5 heteroatoms. The predicted molar refractivity (Wildman–Crippen MR) is 56.4 cm³/mol. The van der Waals surface area contributed by atoms with Gasteiger partial charge >= 0.3 is 0 Å². The molecule has 0 aliphatic heterocycles. The minimum Gasteiger partial charge on any atom is -0.384 e. The first-order valence-electron chi connectivity index (χ1n) is 3.87. The predicted octanol–water partition coefficient (Wildman–Crippen LogP) is 0.293. The van der Waals surface area contributed by atoms with Crippen LogP contribution in [0, 0.1) is 10.8 Å². The normalized spacial score (nSPS) is 9.43. The molecular weight excluding hydrogens is 178 g/mol. The molecule has 0 amide bonds. The molecule has 6 N–H and O–H groups in total. The van der Waals surface area contributed by atoms with Crippen molar-refractivity contribution in [3.8, 4) is 0 Å². The minimum atomic E-state index is -0.203. The number of nitrogen functional groups attached to an aromatic ring is 2. The third-order valence-electron chi connectivity index (χ3n) is 1.69. The lowest BCUT2D eigenvalue weighted by atomic mass is 10.1. The van der Waals surface area contributed by atoms with Crippen LogP contribution in [-0.4, -0.2) is 16.7 Å². The summed E-state index contributed by atoms with van der Waals surface area (Å²) in [5.74, 6) is -0.364. The fraction of sp³-hybridized carbons (Fsp3) is 0. The molecule has 0 unspecified atom stereocenters. The summed E-state index contributed by atoms with van der Waals surface area (Å²) in [5.41, 5.74) is 11.9. The number of rotatable bonds is 3. The van der Waals surface area contributed by atoms with Crippen LogP contribution in [0.1, 0.15) is 16.8 Å². The van der Waals surface area contributed by atoms with Gasteiger partial charge in [0.1, 0.15) is 17.4 Å². The Balaban J connectivity index is 3.38. The Bertz CT molecular complexity index is 408. The van der Waals surface area contributed by atoms with Crippen LogP contribution in [-0.2, 0) is 0 Å². The zero-order chi connectivity index (χ0) is 10.7. The fourth-order valence-electron chi connectivity index (χ4n) is 1.01. The van der Waals surface area contributed by atoms with Crippen molar-refractivity contribution in [1.29, 1.82) is 10.8 Å². The van der Waals surface area contributed by atoms with Crippen LogP contribution in [0.4, 0.5) is 0 Å². The first-order valence-corrected chi connectivity index (χ1v) is 3.87. The molecule has 5 nitrogen and oxygen atoms in total. The molecule has 0 radical (unpaired) electrons. The van der Waals surface area contributed by atoms with Gasteiger partial charge < -0.3 is 11.5 Å². The van der Waals surface area contributed by atoms with E-state index in [-0.39, 0.29) is 17.4 Å². The fourth-order valence-corrected chi connectivity index (χ4v) is 1.01. The van der Waals surface area contributed by atoms with Gasteiger partial charge in [-0.15, -0.1) is 0 Å². The maximum absolute atomic E-state index is 7.29. The largest absolute Gasteiger partial charge is 0.384 e. The van der Waals surface area contributed by atoms with Gasteiger partial charge in [-0.2, -0.15) is 0 Å². The summed E-state index contributed by atoms with van der Waals surface area (Å²) < 4.78 is 0. The second-order valence-corrected chi connectivity index (χ2v) is 2.70. The number of nitrogens with zero attached hydrogens (tertiary/aromatic N) is 1. The number of amidine groups is 2. The Morgan fingerprint density at radius 2 is 2.00 bits per heavy atom. The van der Waals surface area contributed by atoms with Gasteiger partial charge in [-0.05, 0) is 11.6 Å². The third kappa shape index (κ3) is 1.77. The van der Waals surface area contributed by atoms with Crippen molar-refractivity contribution in [3.63, 3.8) is 0 Å². The lowest BCUT2D eigenvalue weighted by molar-refractivity contribution is 1.22. The third-order valence-corrected chi connectivity index (χ3v) is 1.69. The van der Waals surface area contributed by atoms with Crippen LogP contribution in [0.5, 0.6) is 0 Å². The van der Waals surface area contributed by atoms with Crippen molar-refractivity contribution < 1.29 is 0 Å². The van der Waals surface area contributed by atoms with Gasteiger partial charge in [0, 0.05) is 11.8 Å². The highest BCUT2D eigenvalue weighted by Crippen LogP contribution is 2.08. The van der Waals surface area contributed by atoms with Gasteiger partial charge in [0.25, 0.3) is 0 Å². The van der Waals surface area contributed by atoms with Crippen molar-refractivity contribution in [1.82, 2.24) is 4.98 Å². The molecule has 0 saturated heterocycles. The maximum Gasteiger partial charge on any atom is 0.142 e. The molecule has 1 aromatic heterocycles. The Kier molecular flexibility index (Phi) is 2.62. The van der Waals surface area contributed by atoms with Gasteiger partial charge in [-0.25, -0.2) is 0 Å². The highest BCUT2D eigenvalue weighted by molar-refractivity contribution is 6.06. The molecule has 0 aliphatic carbocycles. The van der Waals surface area contributed by atoms with Gasteiger partial charge in [0.15, 0.2) is 0 Å². The molecule has 0 fully saturated rings. The zero-order valence-electron chi connectivity index (χ0n) is 7.54. The van der Waals surface area contributed by atoms with E-state index >= 15 is 0 Å². The van der Waals surface area contributed by atoms with Gasteiger partial charge in [-0.1, -0.05) is 12.7 Å². The lowest BCUT2D eigenvalue weighted by Crippen LogP contribution is -2.22. The van der Waals surface area contributed by atoms with Crippen molar-refractivity contribution in [2.24, 2.45) is 11.5 Å². The molecule has 1 heterocycles. The van der Waals surface area contributed by atoms with E-state index in [0.29, 0.717) is 5.56 Å². The van der Waals surface area contributed by atoms with E-state index < -0.39 is 0 Å². The molecule has 0 atom stereocenters. The van der Waals surface area contributed by atoms with Crippen LogP contribution >= 0.6 is 0 Å². The highest BCUT2D eigenvalue weighted by Gasteiger charge is 2.09. The van der Waals surface area contributed by atoms with Crippen LogP contribution in [0.15, 0.2) is 18.8 Å². The molecule has 0 aliphatic rings. The Labute approximate surface area is 81.5 Å². The number of pyridine rings is 1. The Morgan fingerprint density at radius 1 is 1.36 bits per heavy atom. The Hall–Kier alpha value is -2.17. The van der Waals surface area contributed by atoms with Crippen molar-refractivity contribution >= 4 is 17.7 Å². The van der Waals surface area contributed by atoms with Crippen LogP contribution < -0.4 is 11.5 Å².